The van der Waals surface area contributed by atoms with Gasteiger partial charge in [-0.3, -0.25) is 9.80 Å². The van der Waals surface area contributed by atoms with Gasteiger partial charge in [-0.25, -0.2) is 0 Å². The molecule has 2 heteroatoms. The van der Waals surface area contributed by atoms with Crippen LogP contribution in [0.1, 0.15) is 38.2 Å². The summed E-state index contributed by atoms with van der Waals surface area (Å²) in [6.07, 6.45) is 2.81. The van der Waals surface area contributed by atoms with Gasteiger partial charge in [0.15, 0.2) is 0 Å². The summed E-state index contributed by atoms with van der Waals surface area (Å²) in [5.74, 6) is 0.636. The number of nitrogens with zero attached hydrogens (tertiary/aromatic N) is 2. The van der Waals surface area contributed by atoms with Gasteiger partial charge < -0.3 is 0 Å². The van der Waals surface area contributed by atoms with Crippen molar-refractivity contribution in [3.8, 4) is 0 Å². The molecule has 0 aliphatic carbocycles. The molecule has 0 unspecified atom stereocenters. The zero-order valence-corrected chi connectivity index (χ0v) is 12.3. The Kier molecular flexibility index (Phi) is 3.90. The minimum absolute atomic E-state index is 0.636. The van der Waals surface area contributed by atoms with Gasteiger partial charge in [0.25, 0.3) is 0 Å². The molecule has 0 saturated carbocycles. The normalized spacial score (nSPS) is 30.2. The van der Waals surface area contributed by atoms with Crippen LogP contribution in [0.4, 0.5) is 0 Å². The first-order valence-electron chi connectivity index (χ1n) is 7.77. The van der Waals surface area contributed by atoms with Crippen molar-refractivity contribution in [2.24, 2.45) is 0 Å². The molecule has 0 spiro atoms. The van der Waals surface area contributed by atoms with E-state index in [9.17, 15) is 0 Å². The number of hydrogen-bond acceptors (Lipinski definition) is 2. The molecule has 2 fully saturated rings. The predicted octanol–water partition coefficient (Wildman–Crippen LogP) is 2.96. The Hall–Kier alpha value is -0.860. The summed E-state index contributed by atoms with van der Waals surface area (Å²) < 4.78 is 0. The third-order valence-corrected chi connectivity index (χ3v) is 4.94. The first-order chi connectivity index (χ1) is 9.24. The lowest BCUT2D eigenvalue weighted by Gasteiger charge is -2.43. The van der Waals surface area contributed by atoms with Crippen molar-refractivity contribution < 1.29 is 0 Å². The van der Waals surface area contributed by atoms with Crippen LogP contribution in [-0.4, -0.2) is 48.1 Å². The topological polar surface area (TPSA) is 6.48 Å². The van der Waals surface area contributed by atoms with Gasteiger partial charge in [0.1, 0.15) is 0 Å². The monoisotopic (exact) mass is 258 g/mol. The highest BCUT2D eigenvalue weighted by atomic mass is 15.3. The van der Waals surface area contributed by atoms with Gasteiger partial charge in [0.05, 0.1) is 0 Å². The molecule has 0 radical (unpaired) electrons. The molecule has 3 atom stereocenters. The van der Waals surface area contributed by atoms with Crippen LogP contribution in [0.3, 0.4) is 0 Å². The van der Waals surface area contributed by atoms with Crippen LogP contribution in [0.5, 0.6) is 0 Å². The van der Waals surface area contributed by atoms with E-state index in [-0.39, 0.29) is 0 Å². The second-order valence-electron chi connectivity index (χ2n) is 6.41. The Morgan fingerprint density at radius 1 is 1.21 bits per heavy atom. The van der Waals surface area contributed by atoms with Crippen molar-refractivity contribution in [3.63, 3.8) is 0 Å². The van der Waals surface area contributed by atoms with E-state index in [4.69, 9.17) is 0 Å². The highest BCUT2D eigenvalue weighted by Crippen LogP contribution is 2.26. The maximum Gasteiger partial charge on any atom is 0.0224 e. The SMILES string of the molecule is C[C@@H](CN1C[C@H]2CCCN2C[C@@H]1C)c1ccccc1. The van der Waals surface area contributed by atoms with E-state index in [0.29, 0.717) is 12.0 Å². The standard InChI is InChI=1S/C17H26N2/c1-14(16-7-4-3-5-8-16)11-19-13-17-9-6-10-18(17)12-15(19)2/h3-5,7-8,14-15,17H,6,9-13H2,1-2H3/t14-,15-,17+/m0/s1. The molecule has 0 aromatic heterocycles. The molecule has 2 nitrogen and oxygen atoms in total. The summed E-state index contributed by atoms with van der Waals surface area (Å²) >= 11 is 0. The van der Waals surface area contributed by atoms with Gasteiger partial charge in [-0.05, 0) is 37.8 Å². The molecule has 0 bridgehead atoms. The first-order valence-corrected chi connectivity index (χ1v) is 7.77. The molecule has 1 aromatic carbocycles. The number of hydrogen-bond donors (Lipinski definition) is 0. The van der Waals surface area contributed by atoms with E-state index in [2.05, 4.69) is 54.0 Å². The maximum atomic E-state index is 2.71. The van der Waals surface area contributed by atoms with Gasteiger partial charge in [0.2, 0.25) is 0 Å². The summed E-state index contributed by atoms with van der Waals surface area (Å²) in [6, 6.07) is 12.5. The molecule has 2 saturated heterocycles. The first kappa shape index (κ1) is 13.1. The van der Waals surface area contributed by atoms with Crippen molar-refractivity contribution in [1.82, 2.24) is 9.80 Å². The van der Waals surface area contributed by atoms with Crippen molar-refractivity contribution in [3.05, 3.63) is 35.9 Å². The molecule has 2 heterocycles. The number of fused-ring (bicyclic) bond motifs is 1. The van der Waals surface area contributed by atoms with E-state index in [1.165, 1.54) is 44.6 Å². The molecule has 2 aliphatic heterocycles. The molecular weight excluding hydrogens is 232 g/mol. The number of rotatable bonds is 3. The van der Waals surface area contributed by atoms with E-state index < -0.39 is 0 Å². The molecule has 3 rings (SSSR count). The summed E-state index contributed by atoms with van der Waals surface area (Å²) in [5.41, 5.74) is 1.48. The van der Waals surface area contributed by atoms with Crippen molar-refractivity contribution in [1.29, 1.82) is 0 Å². The summed E-state index contributed by atoms with van der Waals surface area (Å²) in [4.78, 5) is 5.42. The molecule has 19 heavy (non-hydrogen) atoms. The Morgan fingerprint density at radius 3 is 2.79 bits per heavy atom. The Morgan fingerprint density at radius 2 is 2.00 bits per heavy atom. The minimum Gasteiger partial charge on any atom is -0.298 e. The fourth-order valence-electron chi connectivity index (χ4n) is 3.74. The van der Waals surface area contributed by atoms with Crippen LogP contribution in [0, 0.1) is 0 Å². The van der Waals surface area contributed by atoms with Gasteiger partial charge >= 0.3 is 0 Å². The van der Waals surface area contributed by atoms with Gasteiger partial charge in [-0.2, -0.15) is 0 Å². The average Bonchev–Trinajstić information content (AvgIpc) is 2.87. The van der Waals surface area contributed by atoms with Crippen LogP contribution in [0.15, 0.2) is 30.3 Å². The Labute approximate surface area is 117 Å². The lowest BCUT2D eigenvalue weighted by molar-refractivity contribution is 0.0561. The second-order valence-corrected chi connectivity index (χ2v) is 6.41. The highest BCUT2D eigenvalue weighted by molar-refractivity contribution is 5.19. The van der Waals surface area contributed by atoms with E-state index in [0.717, 1.165) is 6.04 Å². The molecule has 1 aromatic rings. The van der Waals surface area contributed by atoms with Gasteiger partial charge in [0, 0.05) is 31.7 Å². The fraction of sp³-hybridized carbons (Fsp3) is 0.647. The van der Waals surface area contributed by atoms with Crippen molar-refractivity contribution >= 4 is 0 Å². The minimum atomic E-state index is 0.636. The highest BCUT2D eigenvalue weighted by Gasteiger charge is 2.34. The number of piperazine rings is 1. The second kappa shape index (κ2) is 5.64. The van der Waals surface area contributed by atoms with Crippen LogP contribution >= 0.6 is 0 Å². The van der Waals surface area contributed by atoms with Crippen molar-refractivity contribution in [2.75, 3.05) is 26.2 Å². The van der Waals surface area contributed by atoms with Crippen LogP contribution in [-0.2, 0) is 0 Å². The largest absolute Gasteiger partial charge is 0.298 e. The smallest absolute Gasteiger partial charge is 0.0224 e. The summed E-state index contributed by atoms with van der Waals surface area (Å²) in [6.45, 7) is 9.84. The summed E-state index contributed by atoms with van der Waals surface area (Å²) in [7, 11) is 0. The summed E-state index contributed by atoms with van der Waals surface area (Å²) in [5, 5.41) is 0. The van der Waals surface area contributed by atoms with Gasteiger partial charge in [-0.15, -0.1) is 0 Å². The van der Waals surface area contributed by atoms with Crippen LogP contribution < -0.4 is 0 Å². The fourth-order valence-corrected chi connectivity index (χ4v) is 3.74. The zero-order valence-electron chi connectivity index (χ0n) is 12.3. The van der Waals surface area contributed by atoms with Crippen LogP contribution in [0.25, 0.3) is 0 Å². The zero-order chi connectivity index (χ0) is 13.2. The molecule has 0 N–H and O–H groups in total. The quantitative estimate of drug-likeness (QED) is 0.822. The lowest BCUT2D eigenvalue weighted by atomic mass is 9.98. The van der Waals surface area contributed by atoms with Crippen LogP contribution in [0.2, 0.25) is 0 Å². The predicted molar refractivity (Wildman–Crippen MR) is 80.5 cm³/mol. The third-order valence-electron chi connectivity index (χ3n) is 4.94. The average molecular weight is 258 g/mol. The van der Waals surface area contributed by atoms with E-state index >= 15 is 0 Å². The lowest BCUT2D eigenvalue weighted by Crippen LogP contribution is -2.55. The van der Waals surface area contributed by atoms with E-state index in [1.807, 2.05) is 0 Å². The Balaban J connectivity index is 1.63. The maximum absolute atomic E-state index is 2.71. The number of benzene rings is 1. The molecule has 0 amide bonds. The van der Waals surface area contributed by atoms with E-state index in [1.54, 1.807) is 0 Å². The molecule has 104 valence electrons. The molecular formula is C17H26N2. The third kappa shape index (κ3) is 2.85. The van der Waals surface area contributed by atoms with Crippen molar-refractivity contribution in [2.45, 2.75) is 44.7 Å². The molecule has 2 aliphatic rings. The Bertz CT molecular complexity index is 403. The van der Waals surface area contributed by atoms with Gasteiger partial charge in [-0.1, -0.05) is 37.3 Å².